The molecule has 7 heteroatoms. The largest absolute Gasteiger partial charge is 0.416 e. The number of fused-ring (bicyclic) bond motifs is 2. The molecule has 3 atom stereocenters. The van der Waals surface area contributed by atoms with E-state index in [4.69, 9.17) is 4.43 Å². The van der Waals surface area contributed by atoms with E-state index in [0.29, 0.717) is 12.6 Å². The van der Waals surface area contributed by atoms with Gasteiger partial charge in [-0.05, 0) is 69.0 Å². The van der Waals surface area contributed by atoms with Crippen LogP contribution in [0.25, 0.3) is 16.5 Å². The maximum atomic E-state index is 13.2. The predicted octanol–water partition coefficient (Wildman–Crippen LogP) is 4.55. The summed E-state index contributed by atoms with van der Waals surface area (Å²) in [5.74, 6) is -0.0384. The molecule has 5 nitrogen and oxygen atoms in total. The van der Waals surface area contributed by atoms with Gasteiger partial charge in [0, 0.05) is 29.5 Å². The van der Waals surface area contributed by atoms with Gasteiger partial charge in [-0.1, -0.05) is 37.8 Å². The molecule has 32 heavy (non-hydrogen) atoms. The highest BCUT2D eigenvalue weighted by Crippen LogP contribution is 2.42. The van der Waals surface area contributed by atoms with Gasteiger partial charge in [-0.15, -0.1) is 0 Å². The Morgan fingerprint density at radius 3 is 2.59 bits per heavy atom. The van der Waals surface area contributed by atoms with Crippen LogP contribution in [0.2, 0.25) is 39.3 Å². The minimum Gasteiger partial charge on any atom is -0.416 e. The smallest absolute Gasteiger partial charge is 0.228 e. The van der Waals surface area contributed by atoms with Crippen LogP contribution in [0.1, 0.15) is 18.1 Å². The van der Waals surface area contributed by atoms with Gasteiger partial charge in [-0.2, -0.15) is 0 Å². The van der Waals surface area contributed by atoms with E-state index in [1.807, 2.05) is 6.92 Å². The van der Waals surface area contributed by atoms with Crippen molar-refractivity contribution >= 4 is 38.9 Å². The van der Waals surface area contributed by atoms with Crippen molar-refractivity contribution in [3.05, 3.63) is 41.6 Å². The summed E-state index contributed by atoms with van der Waals surface area (Å²) < 4.78 is 8.54. The van der Waals surface area contributed by atoms with E-state index in [1.165, 1.54) is 27.6 Å². The second kappa shape index (κ2) is 8.27. The summed E-state index contributed by atoms with van der Waals surface area (Å²) in [4.78, 5) is 15.5. The highest BCUT2D eigenvalue weighted by Gasteiger charge is 2.37. The van der Waals surface area contributed by atoms with Gasteiger partial charge in [0.05, 0.1) is 12.5 Å². The number of hydrogen-bond acceptors (Lipinski definition) is 3. The van der Waals surface area contributed by atoms with Crippen LogP contribution in [-0.2, 0) is 15.6 Å². The number of amides is 1. The topological polar surface area (TPSA) is 46.5 Å². The predicted molar refractivity (Wildman–Crippen MR) is 139 cm³/mol. The second-order valence-corrected chi connectivity index (χ2v) is 21.0. The van der Waals surface area contributed by atoms with E-state index in [0.717, 1.165) is 13.0 Å². The molecule has 0 spiro atoms. The first kappa shape index (κ1) is 23.5. The molecule has 174 valence electrons. The third kappa shape index (κ3) is 4.53. The molecule has 0 bridgehead atoms. The Labute approximate surface area is 195 Å². The van der Waals surface area contributed by atoms with E-state index in [9.17, 15) is 4.79 Å². The molecule has 2 aliphatic rings. The summed E-state index contributed by atoms with van der Waals surface area (Å²) in [6, 6.07) is 7.04. The third-order valence-electron chi connectivity index (χ3n) is 6.60. The lowest BCUT2D eigenvalue weighted by Gasteiger charge is -2.39. The van der Waals surface area contributed by atoms with Crippen molar-refractivity contribution in [3.63, 3.8) is 0 Å². The molecule has 1 amide bonds. The van der Waals surface area contributed by atoms with E-state index in [-0.39, 0.29) is 17.9 Å². The Kier molecular flexibility index (Phi) is 6.07. The first-order valence-corrected chi connectivity index (χ1v) is 18.7. The molecule has 1 aromatic carbocycles. The molecule has 1 aliphatic heterocycles. The van der Waals surface area contributed by atoms with Gasteiger partial charge < -0.3 is 14.0 Å². The van der Waals surface area contributed by atoms with E-state index < -0.39 is 16.6 Å². The zero-order chi connectivity index (χ0) is 23.4. The fourth-order valence-electron chi connectivity index (χ4n) is 5.04. The van der Waals surface area contributed by atoms with Gasteiger partial charge >= 0.3 is 0 Å². The minimum absolute atomic E-state index is 0.0165. The quantitative estimate of drug-likeness (QED) is 0.631. The van der Waals surface area contributed by atoms with E-state index in [1.54, 1.807) is 0 Å². The number of nitrogens with one attached hydrogen (secondary N) is 1. The molecule has 4 rings (SSSR count). The zero-order valence-electron chi connectivity index (χ0n) is 21.0. The molecule has 0 fully saturated rings. The molecule has 2 aromatic rings. The molecule has 0 saturated heterocycles. The first-order valence-electron chi connectivity index (χ1n) is 11.9. The number of aromatic nitrogens is 1. The van der Waals surface area contributed by atoms with Crippen molar-refractivity contribution in [1.82, 2.24) is 14.4 Å². The Bertz CT molecular complexity index is 1060. The van der Waals surface area contributed by atoms with Crippen molar-refractivity contribution in [2.75, 3.05) is 20.2 Å². The lowest BCUT2D eigenvalue weighted by atomic mass is 9.80. The SMILES string of the molecule is CC(CO[Si](C)(C)C)NC(=O)C1C=C2c3cccc4c3c(cn4[Si](C)(C)C)CC2N(C)C1. The van der Waals surface area contributed by atoms with Crippen molar-refractivity contribution < 1.29 is 9.22 Å². The lowest BCUT2D eigenvalue weighted by molar-refractivity contribution is -0.125. The van der Waals surface area contributed by atoms with Crippen molar-refractivity contribution in [2.45, 2.75) is 64.7 Å². The number of carbonyl (C=O) groups excluding carboxylic acids is 1. The fourth-order valence-corrected chi connectivity index (χ4v) is 7.24. The van der Waals surface area contributed by atoms with Gasteiger partial charge in [-0.3, -0.25) is 9.69 Å². The second-order valence-electron chi connectivity index (χ2n) is 11.6. The average molecular weight is 470 g/mol. The van der Waals surface area contributed by atoms with Gasteiger partial charge in [0.2, 0.25) is 5.91 Å². The number of benzene rings is 1. The summed E-state index contributed by atoms with van der Waals surface area (Å²) >= 11 is 0. The van der Waals surface area contributed by atoms with Crippen LogP contribution in [0.5, 0.6) is 0 Å². The molecule has 1 N–H and O–H groups in total. The monoisotopic (exact) mass is 469 g/mol. The maximum Gasteiger partial charge on any atom is 0.228 e. The van der Waals surface area contributed by atoms with E-state index in [2.05, 4.69) is 91.3 Å². The maximum absolute atomic E-state index is 13.2. The van der Waals surface area contributed by atoms with Gasteiger partial charge in [-0.25, -0.2) is 0 Å². The summed E-state index contributed by atoms with van der Waals surface area (Å²) in [5.41, 5.74) is 5.43. The minimum atomic E-state index is -1.59. The van der Waals surface area contributed by atoms with Crippen LogP contribution in [-0.4, -0.2) is 63.9 Å². The Balaban J connectivity index is 1.64. The number of nitrogens with zero attached hydrogens (tertiary/aromatic N) is 2. The molecule has 0 radical (unpaired) electrons. The highest BCUT2D eigenvalue weighted by molar-refractivity contribution is 6.75. The number of likely N-dealkylation sites (N-methyl/N-ethyl adjacent to an activating group) is 1. The van der Waals surface area contributed by atoms with Gasteiger partial charge in [0.1, 0.15) is 0 Å². The summed E-state index contributed by atoms with van der Waals surface area (Å²) in [6.07, 6.45) is 5.67. The van der Waals surface area contributed by atoms with Crippen LogP contribution in [0.4, 0.5) is 0 Å². The number of hydrogen-bond donors (Lipinski definition) is 1. The Hall–Kier alpha value is -1.68. The Morgan fingerprint density at radius 2 is 1.94 bits per heavy atom. The molecule has 1 aromatic heterocycles. The van der Waals surface area contributed by atoms with Crippen LogP contribution < -0.4 is 5.32 Å². The highest BCUT2D eigenvalue weighted by atomic mass is 28.4. The molecule has 1 aliphatic carbocycles. The molecular formula is C25H39N3O2Si2. The fraction of sp³-hybridized carbons (Fsp3) is 0.560. The van der Waals surface area contributed by atoms with Crippen LogP contribution in [0, 0.1) is 5.92 Å². The van der Waals surface area contributed by atoms with E-state index >= 15 is 0 Å². The summed E-state index contributed by atoms with van der Waals surface area (Å²) in [6.45, 7) is 17.1. The average Bonchev–Trinajstić information content (AvgIpc) is 3.07. The van der Waals surface area contributed by atoms with Gasteiger partial charge in [0.15, 0.2) is 16.6 Å². The molecule has 2 heterocycles. The third-order valence-corrected chi connectivity index (χ3v) is 9.45. The molecular weight excluding hydrogens is 430 g/mol. The first-order chi connectivity index (χ1) is 14.8. The van der Waals surface area contributed by atoms with Crippen molar-refractivity contribution in [1.29, 1.82) is 0 Å². The van der Waals surface area contributed by atoms with Crippen LogP contribution in [0.15, 0.2) is 30.5 Å². The molecule has 3 unspecified atom stereocenters. The Morgan fingerprint density at radius 1 is 1.22 bits per heavy atom. The summed E-state index contributed by atoms with van der Waals surface area (Å²) in [7, 11) is -0.940. The summed E-state index contributed by atoms with van der Waals surface area (Å²) in [5, 5.41) is 4.59. The standard InChI is InChI=1S/C25H39N3O2Si2/c1-17(16-30-32(6,7)8)26-25(29)19-12-21-20-10-9-11-22-24(20)18(13-23(21)27(2)14-19)15-28(22)31(3,4)5/h9-12,15,17,19,23H,13-14,16H2,1-8H3,(H,26,29). The van der Waals surface area contributed by atoms with Crippen LogP contribution >= 0.6 is 0 Å². The number of carbonyl (C=O) groups is 1. The van der Waals surface area contributed by atoms with Crippen LogP contribution in [0.3, 0.4) is 0 Å². The van der Waals surface area contributed by atoms with Crippen molar-refractivity contribution in [2.24, 2.45) is 5.92 Å². The lowest BCUT2D eigenvalue weighted by Crippen LogP contribution is -2.49. The molecule has 0 saturated carbocycles. The zero-order valence-corrected chi connectivity index (χ0v) is 23.0. The van der Waals surface area contributed by atoms with Gasteiger partial charge in [0.25, 0.3) is 0 Å². The normalized spacial score (nSPS) is 22.4. The number of rotatable bonds is 6. The van der Waals surface area contributed by atoms with Crippen molar-refractivity contribution in [3.8, 4) is 0 Å².